The highest BCUT2D eigenvalue weighted by Gasteiger charge is 2.48. The Labute approximate surface area is 85.3 Å². The molecule has 4 atom stereocenters. The zero-order valence-corrected chi connectivity index (χ0v) is 8.39. The molecule has 0 amide bonds. The van der Waals surface area contributed by atoms with Crippen LogP contribution in [0.25, 0.3) is 0 Å². The second-order valence-corrected chi connectivity index (χ2v) is 4.82. The molecule has 1 aromatic carbocycles. The largest absolute Gasteiger partial charge is 0.327 e. The van der Waals surface area contributed by atoms with Crippen LogP contribution in [-0.4, -0.2) is 6.04 Å². The Morgan fingerprint density at radius 2 is 1.79 bits per heavy atom. The second-order valence-electron chi connectivity index (χ2n) is 4.82. The lowest BCUT2D eigenvalue weighted by Gasteiger charge is -2.34. The van der Waals surface area contributed by atoms with Crippen LogP contribution in [0.2, 0.25) is 0 Å². The zero-order chi connectivity index (χ0) is 9.54. The number of hydrogen-bond acceptors (Lipinski definition) is 1. The first-order valence-corrected chi connectivity index (χ1v) is 5.67. The van der Waals surface area contributed by atoms with E-state index in [1.165, 1.54) is 24.8 Å². The van der Waals surface area contributed by atoms with Gasteiger partial charge in [-0.3, -0.25) is 0 Å². The van der Waals surface area contributed by atoms with Gasteiger partial charge in [0.05, 0.1) is 0 Å². The molecular formula is C13H17N. The van der Waals surface area contributed by atoms with Gasteiger partial charge in [0.15, 0.2) is 0 Å². The monoisotopic (exact) mass is 187 g/mol. The fourth-order valence-electron chi connectivity index (χ4n) is 2.85. The Morgan fingerprint density at radius 3 is 2.36 bits per heavy atom. The summed E-state index contributed by atoms with van der Waals surface area (Å²) in [6, 6.07) is 11.4. The molecule has 2 aliphatic carbocycles. The highest BCUT2D eigenvalue weighted by molar-refractivity contribution is 5.26. The quantitative estimate of drug-likeness (QED) is 0.756. The van der Waals surface area contributed by atoms with E-state index in [-0.39, 0.29) is 0 Å². The van der Waals surface area contributed by atoms with E-state index in [2.05, 4.69) is 30.3 Å². The van der Waals surface area contributed by atoms with Crippen molar-refractivity contribution in [3.8, 4) is 0 Å². The second kappa shape index (κ2) is 3.09. The van der Waals surface area contributed by atoms with E-state index in [1.54, 1.807) is 0 Å². The SMILES string of the molecule is NC1CCC1C1CC1c1ccccc1. The van der Waals surface area contributed by atoms with Gasteiger partial charge in [-0.25, -0.2) is 0 Å². The molecule has 1 heteroatoms. The molecule has 0 bridgehead atoms. The Balaban J connectivity index is 1.68. The summed E-state index contributed by atoms with van der Waals surface area (Å²) in [6.45, 7) is 0. The maximum Gasteiger partial charge on any atom is 0.00701 e. The molecule has 2 saturated carbocycles. The van der Waals surface area contributed by atoms with E-state index in [1.807, 2.05) is 0 Å². The maximum absolute atomic E-state index is 6.00. The van der Waals surface area contributed by atoms with Crippen molar-refractivity contribution in [2.24, 2.45) is 17.6 Å². The van der Waals surface area contributed by atoms with Crippen molar-refractivity contribution in [2.75, 3.05) is 0 Å². The first kappa shape index (κ1) is 8.49. The third kappa shape index (κ3) is 1.27. The third-order valence-electron chi connectivity index (χ3n) is 4.00. The molecule has 14 heavy (non-hydrogen) atoms. The Hall–Kier alpha value is -0.820. The van der Waals surface area contributed by atoms with Gasteiger partial charge in [-0.05, 0) is 42.6 Å². The fourth-order valence-corrected chi connectivity index (χ4v) is 2.85. The smallest absolute Gasteiger partial charge is 0.00701 e. The molecule has 1 nitrogen and oxygen atoms in total. The zero-order valence-electron chi connectivity index (χ0n) is 8.39. The molecule has 0 aromatic heterocycles. The predicted octanol–water partition coefficient (Wildman–Crippen LogP) is 2.53. The van der Waals surface area contributed by atoms with Crippen LogP contribution in [0.4, 0.5) is 0 Å². The molecule has 0 heterocycles. The highest BCUT2D eigenvalue weighted by atomic mass is 14.7. The predicted molar refractivity (Wildman–Crippen MR) is 58.0 cm³/mol. The van der Waals surface area contributed by atoms with Crippen LogP contribution in [0.5, 0.6) is 0 Å². The molecule has 2 aliphatic rings. The number of rotatable bonds is 2. The van der Waals surface area contributed by atoms with Gasteiger partial charge in [0.25, 0.3) is 0 Å². The fraction of sp³-hybridized carbons (Fsp3) is 0.538. The molecule has 0 radical (unpaired) electrons. The van der Waals surface area contributed by atoms with Gasteiger partial charge in [0.1, 0.15) is 0 Å². The van der Waals surface area contributed by atoms with Crippen molar-refractivity contribution in [1.82, 2.24) is 0 Å². The van der Waals surface area contributed by atoms with Crippen molar-refractivity contribution in [3.05, 3.63) is 35.9 Å². The van der Waals surface area contributed by atoms with Crippen LogP contribution in [0, 0.1) is 11.8 Å². The summed E-state index contributed by atoms with van der Waals surface area (Å²) in [6.07, 6.45) is 4.00. The molecule has 3 rings (SSSR count). The first-order chi connectivity index (χ1) is 6.86. The lowest BCUT2D eigenvalue weighted by Crippen LogP contribution is -2.40. The Kier molecular flexibility index (Phi) is 1.88. The van der Waals surface area contributed by atoms with Gasteiger partial charge in [-0.2, -0.15) is 0 Å². The highest BCUT2D eigenvalue weighted by Crippen LogP contribution is 2.56. The van der Waals surface area contributed by atoms with Crippen molar-refractivity contribution < 1.29 is 0 Å². The molecule has 4 unspecified atom stereocenters. The normalized spacial score (nSPS) is 40.4. The molecule has 0 aliphatic heterocycles. The van der Waals surface area contributed by atoms with Crippen LogP contribution in [0.3, 0.4) is 0 Å². The molecule has 2 fully saturated rings. The van der Waals surface area contributed by atoms with Gasteiger partial charge < -0.3 is 5.73 Å². The summed E-state index contributed by atoms with van der Waals surface area (Å²) in [5, 5.41) is 0. The minimum atomic E-state index is 0.508. The van der Waals surface area contributed by atoms with Crippen LogP contribution in [-0.2, 0) is 0 Å². The van der Waals surface area contributed by atoms with E-state index in [0.29, 0.717) is 6.04 Å². The molecule has 74 valence electrons. The van der Waals surface area contributed by atoms with Gasteiger partial charge in [-0.1, -0.05) is 30.3 Å². The van der Waals surface area contributed by atoms with Gasteiger partial charge in [0.2, 0.25) is 0 Å². The van der Waals surface area contributed by atoms with E-state index < -0.39 is 0 Å². The van der Waals surface area contributed by atoms with Gasteiger partial charge in [0, 0.05) is 6.04 Å². The standard InChI is InChI=1S/C13H17N/c14-13-7-6-10(13)12-8-11(12)9-4-2-1-3-5-9/h1-5,10-13H,6-8,14H2. The number of hydrogen-bond donors (Lipinski definition) is 1. The third-order valence-corrected chi connectivity index (χ3v) is 4.00. The first-order valence-electron chi connectivity index (χ1n) is 5.67. The van der Waals surface area contributed by atoms with Crippen LogP contribution in [0.1, 0.15) is 30.7 Å². The topological polar surface area (TPSA) is 26.0 Å². The summed E-state index contributed by atoms with van der Waals surface area (Å²) < 4.78 is 0. The Bertz CT molecular complexity index is 319. The van der Waals surface area contributed by atoms with E-state index in [9.17, 15) is 0 Å². The summed E-state index contributed by atoms with van der Waals surface area (Å²) in [4.78, 5) is 0. The summed E-state index contributed by atoms with van der Waals surface area (Å²) in [5.41, 5.74) is 7.53. The maximum atomic E-state index is 6.00. The van der Waals surface area contributed by atoms with Crippen LogP contribution < -0.4 is 5.73 Å². The summed E-state index contributed by atoms with van der Waals surface area (Å²) in [5.74, 6) is 2.56. The number of nitrogens with two attached hydrogens (primary N) is 1. The van der Waals surface area contributed by atoms with Crippen LogP contribution >= 0.6 is 0 Å². The minimum absolute atomic E-state index is 0.508. The van der Waals surface area contributed by atoms with Crippen molar-refractivity contribution in [3.63, 3.8) is 0 Å². The molecule has 2 N–H and O–H groups in total. The van der Waals surface area contributed by atoms with Crippen LogP contribution in [0.15, 0.2) is 30.3 Å². The molecule has 1 aromatic rings. The van der Waals surface area contributed by atoms with E-state index in [4.69, 9.17) is 5.73 Å². The van der Waals surface area contributed by atoms with Gasteiger partial charge in [-0.15, -0.1) is 0 Å². The lowest BCUT2D eigenvalue weighted by molar-refractivity contribution is 0.221. The molecular weight excluding hydrogens is 170 g/mol. The van der Waals surface area contributed by atoms with E-state index in [0.717, 1.165) is 17.8 Å². The van der Waals surface area contributed by atoms with Crippen molar-refractivity contribution >= 4 is 0 Å². The molecule has 0 saturated heterocycles. The summed E-state index contributed by atoms with van der Waals surface area (Å²) >= 11 is 0. The lowest BCUT2D eigenvalue weighted by atomic mass is 9.76. The Morgan fingerprint density at radius 1 is 1.00 bits per heavy atom. The van der Waals surface area contributed by atoms with Crippen molar-refractivity contribution in [1.29, 1.82) is 0 Å². The van der Waals surface area contributed by atoms with E-state index >= 15 is 0 Å². The average molecular weight is 187 g/mol. The minimum Gasteiger partial charge on any atom is -0.327 e. The van der Waals surface area contributed by atoms with Gasteiger partial charge >= 0.3 is 0 Å². The molecule has 0 spiro atoms. The van der Waals surface area contributed by atoms with Crippen molar-refractivity contribution in [2.45, 2.75) is 31.2 Å². The average Bonchev–Trinajstić information content (AvgIpc) is 2.97. The summed E-state index contributed by atoms with van der Waals surface area (Å²) in [7, 11) is 0. The number of benzene rings is 1.